The first-order valence-corrected chi connectivity index (χ1v) is 6.82. The number of nitrogens with zero attached hydrogens (tertiary/aromatic N) is 2. The number of hydrogen-bond acceptors (Lipinski definition) is 3. The molecular weight excluding hydrogens is 311 g/mol. The number of carbonyl (C=O) groups excluding carboxylic acids is 1. The molecular formula is C15H16F3N3O2. The SMILES string of the molecule is Cn1cc(CNC(=O)c2cccc(COCC(F)(F)F)c2)cn1. The molecule has 1 amide bonds. The van der Waals surface area contributed by atoms with Crippen molar-refractivity contribution >= 4 is 5.91 Å². The van der Waals surface area contributed by atoms with E-state index in [0.29, 0.717) is 17.7 Å². The summed E-state index contributed by atoms with van der Waals surface area (Å²) in [5.41, 5.74) is 1.72. The van der Waals surface area contributed by atoms with E-state index >= 15 is 0 Å². The van der Waals surface area contributed by atoms with Crippen molar-refractivity contribution < 1.29 is 22.7 Å². The highest BCUT2D eigenvalue weighted by molar-refractivity contribution is 5.94. The van der Waals surface area contributed by atoms with Crippen molar-refractivity contribution in [2.24, 2.45) is 7.05 Å². The summed E-state index contributed by atoms with van der Waals surface area (Å²) in [6.07, 6.45) is -0.942. The summed E-state index contributed by atoms with van der Waals surface area (Å²) < 4.78 is 42.3. The maximum absolute atomic E-state index is 12.1. The number of alkyl halides is 3. The Kier molecular flexibility index (Phi) is 5.38. The lowest BCUT2D eigenvalue weighted by molar-refractivity contribution is -0.176. The van der Waals surface area contributed by atoms with Gasteiger partial charge in [0.25, 0.3) is 5.91 Å². The summed E-state index contributed by atoms with van der Waals surface area (Å²) in [5.74, 6) is -0.313. The Balaban J connectivity index is 1.89. The molecule has 0 aliphatic carbocycles. The molecule has 124 valence electrons. The zero-order valence-corrected chi connectivity index (χ0v) is 12.4. The van der Waals surface area contributed by atoms with Gasteiger partial charge in [-0.15, -0.1) is 0 Å². The third-order valence-electron chi connectivity index (χ3n) is 2.94. The van der Waals surface area contributed by atoms with Crippen molar-refractivity contribution in [3.63, 3.8) is 0 Å². The van der Waals surface area contributed by atoms with Crippen LogP contribution in [0.2, 0.25) is 0 Å². The molecule has 1 aromatic heterocycles. The smallest absolute Gasteiger partial charge is 0.367 e. The molecule has 0 saturated carbocycles. The Morgan fingerprint density at radius 2 is 2.13 bits per heavy atom. The highest BCUT2D eigenvalue weighted by Crippen LogP contribution is 2.16. The third kappa shape index (κ3) is 5.74. The van der Waals surface area contributed by atoms with Gasteiger partial charge in [0.2, 0.25) is 0 Å². The van der Waals surface area contributed by atoms with E-state index in [4.69, 9.17) is 0 Å². The Hall–Kier alpha value is -2.35. The van der Waals surface area contributed by atoms with Crippen LogP contribution in [0.4, 0.5) is 13.2 Å². The van der Waals surface area contributed by atoms with Crippen LogP contribution in [-0.2, 0) is 24.9 Å². The van der Waals surface area contributed by atoms with E-state index < -0.39 is 12.8 Å². The van der Waals surface area contributed by atoms with Crippen molar-refractivity contribution in [2.75, 3.05) is 6.61 Å². The molecule has 1 N–H and O–H groups in total. The van der Waals surface area contributed by atoms with Gasteiger partial charge in [-0.05, 0) is 17.7 Å². The molecule has 1 heterocycles. The number of hydrogen-bond donors (Lipinski definition) is 1. The van der Waals surface area contributed by atoms with E-state index in [1.54, 1.807) is 42.3 Å². The van der Waals surface area contributed by atoms with Crippen molar-refractivity contribution in [3.05, 3.63) is 53.3 Å². The fourth-order valence-electron chi connectivity index (χ4n) is 1.93. The van der Waals surface area contributed by atoms with Gasteiger partial charge in [0.05, 0.1) is 12.8 Å². The van der Waals surface area contributed by atoms with Gasteiger partial charge in [0, 0.05) is 30.9 Å². The minimum atomic E-state index is -4.36. The second-order valence-corrected chi connectivity index (χ2v) is 5.01. The minimum absolute atomic E-state index is 0.205. The lowest BCUT2D eigenvalue weighted by Gasteiger charge is -2.09. The third-order valence-corrected chi connectivity index (χ3v) is 2.94. The van der Waals surface area contributed by atoms with Crippen LogP contribution in [0.15, 0.2) is 36.7 Å². The van der Waals surface area contributed by atoms with Gasteiger partial charge in [-0.3, -0.25) is 9.48 Å². The first kappa shape index (κ1) is 17.0. The predicted octanol–water partition coefficient (Wildman–Crippen LogP) is 2.43. The van der Waals surface area contributed by atoms with Gasteiger partial charge in [0.1, 0.15) is 6.61 Å². The van der Waals surface area contributed by atoms with Gasteiger partial charge in [-0.25, -0.2) is 0 Å². The summed E-state index contributed by atoms with van der Waals surface area (Å²) in [7, 11) is 1.77. The molecule has 0 radical (unpaired) electrons. The number of benzene rings is 1. The number of amides is 1. The largest absolute Gasteiger partial charge is 0.411 e. The molecule has 0 saturated heterocycles. The summed E-state index contributed by atoms with van der Waals surface area (Å²) in [6, 6.07) is 6.31. The van der Waals surface area contributed by atoms with E-state index in [9.17, 15) is 18.0 Å². The summed E-state index contributed by atoms with van der Waals surface area (Å²) in [5, 5.41) is 6.71. The lowest BCUT2D eigenvalue weighted by atomic mass is 10.1. The van der Waals surface area contributed by atoms with E-state index in [2.05, 4.69) is 15.2 Å². The average Bonchev–Trinajstić information content (AvgIpc) is 2.89. The van der Waals surface area contributed by atoms with Crippen molar-refractivity contribution in [1.82, 2.24) is 15.1 Å². The minimum Gasteiger partial charge on any atom is -0.367 e. The normalized spacial score (nSPS) is 11.5. The first-order chi connectivity index (χ1) is 10.8. The zero-order chi connectivity index (χ0) is 16.9. The zero-order valence-electron chi connectivity index (χ0n) is 12.4. The molecule has 0 aliphatic rings. The Labute approximate surface area is 131 Å². The van der Waals surface area contributed by atoms with Crippen molar-refractivity contribution in [2.45, 2.75) is 19.3 Å². The number of aryl methyl sites for hydroxylation is 1. The maximum atomic E-state index is 12.1. The van der Waals surface area contributed by atoms with Gasteiger partial charge in [-0.2, -0.15) is 18.3 Å². The van der Waals surface area contributed by atoms with Gasteiger partial charge >= 0.3 is 6.18 Å². The van der Waals surface area contributed by atoms with E-state index in [1.807, 2.05) is 0 Å². The lowest BCUT2D eigenvalue weighted by Crippen LogP contribution is -2.22. The summed E-state index contributed by atoms with van der Waals surface area (Å²) in [6.45, 7) is -1.20. The molecule has 0 unspecified atom stereocenters. The molecule has 5 nitrogen and oxygen atoms in total. The monoisotopic (exact) mass is 327 g/mol. The van der Waals surface area contributed by atoms with Gasteiger partial charge < -0.3 is 10.1 Å². The number of nitrogens with one attached hydrogen (secondary N) is 1. The maximum Gasteiger partial charge on any atom is 0.411 e. The van der Waals surface area contributed by atoms with Crippen molar-refractivity contribution in [1.29, 1.82) is 0 Å². The summed E-state index contributed by atoms with van der Waals surface area (Å²) in [4.78, 5) is 12.1. The topological polar surface area (TPSA) is 56.2 Å². The molecule has 23 heavy (non-hydrogen) atoms. The molecule has 2 rings (SSSR count). The van der Waals surface area contributed by atoms with E-state index in [-0.39, 0.29) is 12.5 Å². The predicted molar refractivity (Wildman–Crippen MR) is 76.5 cm³/mol. The van der Waals surface area contributed by atoms with Crippen LogP contribution < -0.4 is 5.32 Å². The molecule has 0 atom stereocenters. The second-order valence-electron chi connectivity index (χ2n) is 5.01. The van der Waals surface area contributed by atoms with Crippen LogP contribution >= 0.6 is 0 Å². The molecule has 8 heteroatoms. The molecule has 0 fully saturated rings. The van der Waals surface area contributed by atoms with Crippen LogP contribution in [0.1, 0.15) is 21.5 Å². The standard InChI is InChI=1S/C15H16F3N3O2/c1-21-8-12(7-20-21)6-19-14(22)13-4-2-3-11(5-13)9-23-10-15(16,17)18/h2-5,7-8H,6,9-10H2,1H3,(H,19,22). The van der Waals surface area contributed by atoms with Crippen LogP contribution in [0.3, 0.4) is 0 Å². The molecule has 0 spiro atoms. The van der Waals surface area contributed by atoms with Crippen LogP contribution in [0, 0.1) is 0 Å². The fraction of sp³-hybridized carbons (Fsp3) is 0.333. The Morgan fingerprint density at radius 1 is 1.35 bits per heavy atom. The first-order valence-electron chi connectivity index (χ1n) is 6.82. The van der Waals surface area contributed by atoms with Gasteiger partial charge in [0.15, 0.2) is 0 Å². The Bertz CT molecular complexity index is 668. The second kappa shape index (κ2) is 7.28. The highest BCUT2D eigenvalue weighted by atomic mass is 19.4. The summed E-state index contributed by atoms with van der Waals surface area (Å²) >= 11 is 0. The molecule has 2 aromatic rings. The van der Waals surface area contributed by atoms with Crippen LogP contribution in [0.5, 0.6) is 0 Å². The van der Waals surface area contributed by atoms with Gasteiger partial charge in [-0.1, -0.05) is 12.1 Å². The van der Waals surface area contributed by atoms with Crippen molar-refractivity contribution in [3.8, 4) is 0 Å². The number of halogens is 3. The highest BCUT2D eigenvalue weighted by Gasteiger charge is 2.27. The van der Waals surface area contributed by atoms with Crippen LogP contribution in [-0.4, -0.2) is 28.5 Å². The number of carbonyl (C=O) groups is 1. The molecule has 1 aromatic carbocycles. The van der Waals surface area contributed by atoms with E-state index in [0.717, 1.165) is 5.56 Å². The quantitative estimate of drug-likeness (QED) is 0.886. The number of rotatable bonds is 6. The van der Waals surface area contributed by atoms with E-state index in [1.165, 1.54) is 6.07 Å². The Morgan fingerprint density at radius 3 is 2.78 bits per heavy atom. The molecule has 0 aliphatic heterocycles. The molecule has 0 bridgehead atoms. The number of aromatic nitrogens is 2. The number of ether oxygens (including phenoxy) is 1. The van der Waals surface area contributed by atoms with Crippen LogP contribution in [0.25, 0.3) is 0 Å². The average molecular weight is 327 g/mol. The fourth-order valence-corrected chi connectivity index (χ4v) is 1.93.